The molecule has 4 rings (SSSR count). The van der Waals surface area contributed by atoms with E-state index in [1.807, 2.05) is 11.0 Å². The van der Waals surface area contributed by atoms with Gasteiger partial charge in [0.1, 0.15) is 17.8 Å². The fourth-order valence-electron chi connectivity index (χ4n) is 4.15. The van der Waals surface area contributed by atoms with Gasteiger partial charge in [-0.15, -0.1) is 0 Å². The van der Waals surface area contributed by atoms with E-state index >= 15 is 0 Å². The maximum Gasteiger partial charge on any atom is 0.270 e. The zero-order valence-electron chi connectivity index (χ0n) is 17.9. The van der Waals surface area contributed by atoms with Gasteiger partial charge in [0.2, 0.25) is 5.91 Å². The molecule has 32 heavy (non-hydrogen) atoms. The summed E-state index contributed by atoms with van der Waals surface area (Å²) >= 11 is 0. The molecule has 0 spiro atoms. The Morgan fingerprint density at radius 3 is 2.75 bits per heavy atom. The minimum atomic E-state index is -0.671. The summed E-state index contributed by atoms with van der Waals surface area (Å²) in [6, 6.07) is 10.1. The van der Waals surface area contributed by atoms with E-state index in [-0.39, 0.29) is 36.6 Å². The van der Waals surface area contributed by atoms with Crippen LogP contribution in [0.1, 0.15) is 21.6 Å². The van der Waals surface area contributed by atoms with E-state index in [1.165, 1.54) is 17.5 Å². The molecule has 1 atom stereocenters. The Kier molecular flexibility index (Phi) is 6.93. The molecule has 170 valence electrons. The van der Waals surface area contributed by atoms with Crippen molar-refractivity contribution in [3.63, 3.8) is 0 Å². The van der Waals surface area contributed by atoms with Crippen LogP contribution in [0.4, 0.5) is 5.82 Å². The lowest BCUT2D eigenvalue weighted by Gasteiger charge is -2.38. The Labute approximate surface area is 186 Å². The smallest absolute Gasteiger partial charge is 0.270 e. The van der Waals surface area contributed by atoms with Crippen LogP contribution in [0.25, 0.3) is 0 Å². The van der Waals surface area contributed by atoms with Crippen molar-refractivity contribution in [1.29, 1.82) is 0 Å². The largest absolute Gasteiger partial charge is 0.390 e. The minimum absolute atomic E-state index is 0.136. The van der Waals surface area contributed by atoms with Gasteiger partial charge in [0.15, 0.2) is 0 Å². The molecule has 5 N–H and O–H groups in total. The first kappa shape index (κ1) is 22.1. The van der Waals surface area contributed by atoms with Crippen LogP contribution in [0.15, 0.2) is 36.7 Å². The number of aliphatic hydroxyl groups is 1. The number of rotatable bonds is 9. The standard InChI is InChI=1S/C22H29N7O3/c23-20(31)13-29-10-17(11-29)27-21-7-19(25-14-26-21)22(32)24-8-18(30)12-28-6-5-15-3-1-2-4-16(15)9-28/h1-4,7,14,17-18,30H,5-6,8-13H2,(H2,23,31)(H,24,32)(H,25,26,27)/t18-/m0/s1. The number of primary amides is 1. The first-order valence-corrected chi connectivity index (χ1v) is 10.8. The number of nitrogens with two attached hydrogens (primary N) is 1. The Morgan fingerprint density at radius 2 is 1.97 bits per heavy atom. The van der Waals surface area contributed by atoms with Gasteiger partial charge in [-0.05, 0) is 17.5 Å². The Bertz CT molecular complexity index is 964. The Balaban J connectivity index is 1.21. The van der Waals surface area contributed by atoms with Crippen LogP contribution >= 0.6 is 0 Å². The number of β-amino-alcohol motifs (C(OH)–C–C–N with tert-alkyl or cyclic N) is 1. The summed E-state index contributed by atoms with van der Waals surface area (Å²) in [6.45, 7) is 3.94. The van der Waals surface area contributed by atoms with Crippen molar-refractivity contribution in [3.8, 4) is 0 Å². The lowest BCUT2D eigenvalue weighted by molar-refractivity contribution is -0.120. The summed E-state index contributed by atoms with van der Waals surface area (Å²) < 4.78 is 0. The van der Waals surface area contributed by atoms with E-state index < -0.39 is 6.10 Å². The van der Waals surface area contributed by atoms with Gasteiger partial charge in [0.05, 0.1) is 18.7 Å². The number of carbonyl (C=O) groups excluding carboxylic acids is 2. The molecule has 0 radical (unpaired) electrons. The average Bonchev–Trinajstić information content (AvgIpc) is 2.76. The number of benzene rings is 1. The molecule has 0 unspecified atom stereocenters. The lowest BCUT2D eigenvalue weighted by Crippen LogP contribution is -2.56. The molecule has 1 fully saturated rings. The summed E-state index contributed by atoms with van der Waals surface area (Å²) in [5.41, 5.74) is 8.08. The average molecular weight is 440 g/mol. The van der Waals surface area contributed by atoms with Crippen LogP contribution in [-0.4, -0.2) is 88.1 Å². The molecule has 0 saturated carbocycles. The van der Waals surface area contributed by atoms with E-state index in [2.05, 4.69) is 43.7 Å². The van der Waals surface area contributed by atoms with Gasteiger partial charge < -0.3 is 21.5 Å². The number of amides is 2. The number of fused-ring (bicyclic) bond motifs is 1. The molecule has 10 nitrogen and oxygen atoms in total. The molecule has 0 aliphatic carbocycles. The second-order valence-electron chi connectivity index (χ2n) is 8.41. The topological polar surface area (TPSA) is 137 Å². The molecule has 2 amide bonds. The van der Waals surface area contributed by atoms with Gasteiger partial charge in [0, 0.05) is 45.3 Å². The predicted molar refractivity (Wildman–Crippen MR) is 119 cm³/mol. The van der Waals surface area contributed by atoms with E-state index in [4.69, 9.17) is 5.73 Å². The molecular formula is C22H29N7O3. The number of carbonyl (C=O) groups is 2. The van der Waals surface area contributed by atoms with Crippen LogP contribution in [0.5, 0.6) is 0 Å². The van der Waals surface area contributed by atoms with Gasteiger partial charge in [-0.25, -0.2) is 9.97 Å². The number of anilines is 1. The van der Waals surface area contributed by atoms with Crippen LogP contribution in [0, 0.1) is 0 Å². The number of hydrogen-bond donors (Lipinski definition) is 4. The van der Waals surface area contributed by atoms with Crippen molar-refractivity contribution in [2.45, 2.75) is 25.1 Å². The molecule has 10 heteroatoms. The molecule has 2 aromatic rings. The maximum atomic E-state index is 12.5. The lowest BCUT2D eigenvalue weighted by atomic mass is 10.00. The third-order valence-corrected chi connectivity index (χ3v) is 5.77. The molecule has 2 aliphatic heterocycles. The van der Waals surface area contributed by atoms with Crippen LogP contribution in [0.2, 0.25) is 0 Å². The minimum Gasteiger partial charge on any atom is -0.390 e. The van der Waals surface area contributed by atoms with Crippen LogP contribution < -0.4 is 16.4 Å². The van der Waals surface area contributed by atoms with Crippen molar-refractivity contribution >= 4 is 17.6 Å². The molecule has 2 aliphatic rings. The second kappa shape index (κ2) is 10.0. The van der Waals surface area contributed by atoms with Crippen LogP contribution in [-0.2, 0) is 17.8 Å². The number of likely N-dealkylation sites (tertiary alicyclic amines) is 1. The van der Waals surface area contributed by atoms with Crippen molar-refractivity contribution in [1.82, 2.24) is 25.1 Å². The summed E-state index contributed by atoms with van der Waals surface area (Å²) in [6.07, 6.45) is 1.63. The highest BCUT2D eigenvalue weighted by molar-refractivity contribution is 5.92. The molecule has 1 saturated heterocycles. The SMILES string of the molecule is NC(=O)CN1CC(Nc2cc(C(=O)NC[C@H](O)CN3CCc4ccccc4C3)ncn2)C1. The predicted octanol–water partition coefficient (Wildman–Crippen LogP) is -0.793. The number of hydrogen-bond acceptors (Lipinski definition) is 8. The number of nitrogens with zero attached hydrogens (tertiary/aromatic N) is 4. The Morgan fingerprint density at radius 1 is 1.19 bits per heavy atom. The first-order valence-electron chi connectivity index (χ1n) is 10.8. The van der Waals surface area contributed by atoms with Gasteiger partial charge in [-0.3, -0.25) is 19.4 Å². The maximum absolute atomic E-state index is 12.5. The third kappa shape index (κ3) is 5.78. The third-order valence-electron chi connectivity index (χ3n) is 5.77. The number of aliphatic hydroxyl groups excluding tert-OH is 1. The van der Waals surface area contributed by atoms with Crippen molar-refractivity contribution in [2.24, 2.45) is 5.73 Å². The summed E-state index contributed by atoms with van der Waals surface area (Å²) in [5.74, 6) is -0.166. The molecule has 1 aromatic heterocycles. The number of aromatic nitrogens is 2. The fraction of sp³-hybridized carbons (Fsp3) is 0.455. The summed E-state index contributed by atoms with van der Waals surface area (Å²) in [4.78, 5) is 35.7. The van der Waals surface area contributed by atoms with Gasteiger partial charge >= 0.3 is 0 Å². The molecule has 3 heterocycles. The van der Waals surface area contributed by atoms with Gasteiger partial charge in [-0.2, -0.15) is 0 Å². The van der Waals surface area contributed by atoms with Crippen molar-refractivity contribution in [3.05, 3.63) is 53.5 Å². The molecule has 0 bridgehead atoms. The molecule has 1 aromatic carbocycles. The van der Waals surface area contributed by atoms with Crippen molar-refractivity contribution in [2.75, 3.05) is 44.6 Å². The quantitative estimate of drug-likeness (QED) is 0.399. The first-order chi connectivity index (χ1) is 15.5. The monoisotopic (exact) mass is 439 g/mol. The zero-order valence-corrected chi connectivity index (χ0v) is 17.9. The number of nitrogens with one attached hydrogen (secondary N) is 2. The highest BCUT2D eigenvalue weighted by Crippen LogP contribution is 2.18. The van der Waals surface area contributed by atoms with E-state index in [0.717, 1.165) is 19.5 Å². The Hall–Kier alpha value is -3.08. The van der Waals surface area contributed by atoms with Crippen LogP contribution in [0.3, 0.4) is 0 Å². The molecular weight excluding hydrogens is 410 g/mol. The van der Waals surface area contributed by atoms with Gasteiger partial charge in [-0.1, -0.05) is 24.3 Å². The zero-order chi connectivity index (χ0) is 22.5. The van der Waals surface area contributed by atoms with E-state index in [0.29, 0.717) is 25.5 Å². The summed E-state index contributed by atoms with van der Waals surface area (Å²) in [7, 11) is 0. The van der Waals surface area contributed by atoms with Crippen molar-refractivity contribution < 1.29 is 14.7 Å². The van der Waals surface area contributed by atoms with E-state index in [9.17, 15) is 14.7 Å². The normalized spacial score (nSPS) is 17.8. The summed E-state index contributed by atoms with van der Waals surface area (Å²) in [5, 5.41) is 16.4. The second-order valence-corrected chi connectivity index (χ2v) is 8.41. The fourth-order valence-corrected chi connectivity index (χ4v) is 4.15. The van der Waals surface area contributed by atoms with E-state index in [1.54, 1.807) is 6.07 Å². The van der Waals surface area contributed by atoms with Gasteiger partial charge in [0.25, 0.3) is 5.91 Å². The highest BCUT2D eigenvalue weighted by atomic mass is 16.3. The highest BCUT2D eigenvalue weighted by Gasteiger charge is 2.28.